The Hall–Kier alpha value is -1.55. The van der Waals surface area contributed by atoms with E-state index in [1.54, 1.807) is 0 Å². The van der Waals surface area contributed by atoms with E-state index in [4.69, 9.17) is 4.74 Å². The quantitative estimate of drug-likeness (QED) is 0.871. The van der Waals surface area contributed by atoms with Gasteiger partial charge in [-0.15, -0.1) is 0 Å². The number of fused-ring (bicyclic) bond motifs is 1. The summed E-state index contributed by atoms with van der Waals surface area (Å²) >= 11 is 0. The van der Waals surface area contributed by atoms with Crippen molar-refractivity contribution in [2.45, 2.75) is 37.8 Å². The van der Waals surface area contributed by atoms with Crippen LogP contribution in [-0.4, -0.2) is 25.1 Å². The lowest BCUT2D eigenvalue weighted by Crippen LogP contribution is -2.36. The molecule has 102 valence electrons. The molecule has 4 nitrogen and oxygen atoms in total. The van der Waals surface area contributed by atoms with E-state index in [1.165, 1.54) is 6.42 Å². The highest BCUT2D eigenvalue weighted by Gasteiger charge is 2.24. The van der Waals surface area contributed by atoms with Gasteiger partial charge in [0.05, 0.1) is 12.6 Å². The lowest BCUT2D eigenvalue weighted by atomic mass is 10.00. The molecule has 4 heteroatoms. The first kappa shape index (κ1) is 12.5. The lowest BCUT2D eigenvalue weighted by molar-refractivity contribution is -0.122. The Balaban J connectivity index is 1.62. The molecule has 0 aliphatic carbocycles. The summed E-state index contributed by atoms with van der Waals surface area (Å²) in [6.07, 6.45) is 3.72. The van der Waals surface area contributed by atoms with Crippen LogP contribution in [-0.2, 0) is 4.79 Å². The highest BCUT2D eigenvalue weighted by atomic mass is 16.5. The van der Waals surface area contributed by atoms with Crippen LogP contribution in [0.25, 0.3) is 0 Å². The van der Waals surface area contributed by atoms with Crippen LogP contribution in [0.2, 0.25) is 0 Å². The van der Waals surface area contributed by atoms with E-state index >= 15 is 0 Å². The van der Waals surface area contributed by atoms with Crippen molar-refractivity contribution in [2.75, 3.05) is 13.2 Å². The van der Waals surface area contributed by atoms with Gasteiger partial charge in [0.1, 0.15) is 5.75 Å². The molecule has 2 aliphatic rings. The second-order valence-electron chi connectivity index (χ2n) is 5.29. The van der Waals surface area contributed by atoms with Crippen LogP contribution >= 0.6 is 0 Å². The zero-order chi connectivity index (χ0) is 13.1. The van der Waals surface area contributed by atoms with Crippen molar-refractivity contribution in [1.29, 1.82) is 0 Å². The first-order chi connectivity index (χ1) is 9.33. The molecule has 1 saturated heterocycles. The van der Waals surface area contributed by atoms with Crippen molar-refractivity contribution >= 4 is 5.91 Å². The first-order valence-corrected chi connectivity index (χ1v) is 7.07. The van der Waals surface area contributed by atoms with Gasteiger partial charge in [0.15, 0.2) is 0 Å². The molecular weight excluding hydrogens is 240 g/mol. The van der Waals surface area contributed by atoms with Gasteiger partial charge < -0.3 is 15.4 Å². The van der Waals surface area contributed by atoms with Crippen LogP contribution < -0.4 is 15.4 Å². The topological polar surface area (TPSA) is 50.4 Å². The first-order valence-electron chi connectivity index (χ1n) is 7.07. The predicted molar refractivity (Wildman–Crippen MR) is 73.1 cm³/mol. The van der Waals surface area contributed by atoms with Crippen molar-refractivity contribution in [3.63, 3.8) is 0 Å². The Bertz CT molecular complexity index is 455. The van der Waals surface area contributed by atoms with Gasteiger partial charge in [-0.1, -0.05) is 18.2 Å². The predicted octanol–water partition coefficient (Wildman–Crippen LogP) is 1.77. The van der Waals surface area contributed by atoms with Crippen LogP contribution in [0.15, 0.2) is 24.3 Å². The summed E-state index contributed by atoms with van der Waals surface area (Å²) < 4.78 is 5.61. The van der Waals surface area contributed by atoms with E-state index in [0.717, 1.165) is 30.7 Å². The third kappa shape index (κ3) is 2.89. The second kappa shape index (κ2) is 5.61. The number of rotatable bonds is 3. The molecule has 1 amide bonds. The molecule has 1 aromatic rings. The van der Waals surface area contributed by atoms with Crippen molar-refractivity contribution in [3.8, 4) is 5.75 Å². The third-order valence-electron chi connectivity index (χ3n) is 3.89. The maximum Gasteiger partial charge on any atom is 0.222 e. The van der Waals surface area contributed by atoms with Gasteiger partial charge in [-0.3, -0.25) is 4.79 Å². The minimum absolute atomic E-state index is 0.0962. The third-order valence-corrected chi connectivity index (χ3v) is 3.89. The summed E-state index contributed by atoms with van der Waals surface area (Å²) in [5.41, 5.74) is 1.10. The van der Waals surface area contributed by atoms with Crippen molar-refractivity contribution < 1.29 is 9.53 Å². The number of carbonyl (C=O) groups is 1. The number of hydrogen-bond donors (Lipinski definition) is 2. The summed E-state index contributed by atoms with van der Waals surface area (Å²) in [6.45, 7) is 1.71. The normalized spacial score (nSPS) is 25.5. The molecule has 0 radical (unpaired) electrons. The van der Waals surface area contributed by atoms with E-state index in [0.29, 0.717) is 19.1 Å². The Labute approximate surface area is 113 Å². The average Bonchev–Trinajstić information content (AvgIpc) is 2.92. The van der Waals surface area contributed by atoms with Gasteiger partial charge >= 0.3 is 0 Å². The molecular formula is C15H20N2O2. The number of benzene rings is 1. The van der Waals surface area contributed by atoms with Gasteiger partial charge in [-0.25, -0.2) is 0 Å². The minimum Gasteiger partial charge on any atom is -0.493 e. The average molecular weight is 260 g/mol. The number of carbonyl (C=O) groups excluding carboxylic acids is 1. The molecule has 0 aromatic heterocycles. The highest BCUT2D eigenvalue weighted by molar-refractivity contribution is 5.77. The minimum atomic E-state index is 0.0962. The summed E-state index contributed by atoms with van der Waals surface area (Å²) in [5.74, 6) is 1.04. The van der Waals surface area contributed by atoms with E-state index in [2.05, 4.69) is 10.6 Å². The van der Waals surface area contributed by atoms with Crippen LogP contribution in [0, 0.1) is 0 Å². The van der Waals surface area contributed by atoms with Crippen LogP contribution in [0.3, 0.4) is 0 Å². The van der Waals surface area contributed by atoms with Crippen LogP contribution in [0.1, 0.15) is 37.3 Å². The lowest BCUT2D eigenvalue weighted by Gasteiger charge is -2.27. The zero-order valence-electron chi connectivity index (χ0n) is 11.0. The molecule has 0 saturated carbocycles. The fourth-order valence-electron chi connectivity index (χ4n) is 2.90. The van der Waals surface area contributed by atoms with Gasteiger partial charge in [-0.05, 0) is 25.5 Å². The molecule has 1 fully saturated rings. The Morgan fingerprint density at radius 2 is 2.26 bits per heavy atom. The monoisotopic (exact) mass is 260 g/mol. The van der Waals surface area contributed by atoms with E-state index in [-0.39, 0.29) is 11.9 Å². The van der Waals surface area contributed by atoms with Gasteiger partial charge in [0, 0.05) is 24.4 Å². The molecule has 0 spiro atoms. The number of amides is 1. The molecule has 3 rings (SSSR count). The van der Waals surface area contributed by atoms with Crippen molar-refractivity contribution in [3.05, 3.63) is 29.8 Å². The Morgan fingerprint density at radius 1 is 1.37 bits per heavy atom. The second-order valence-corrected chi connectivity index (χ2v) is 5.29. The van der Waals surface area contributed by atoms with Crippen LogP contribution in [0.5, 0.6) is 5.75 Å². The number of hydrogen-bond acceptors (Lipinski definition) is 3. The van der Waals surface area contributed by atoms with Crippen LogP contribution in [0.4, 0.5) is 0 Å². The standard InChI is InChI=1S/C15H20N2O2/c18-15(10-11-4-3-8-16-11)17-13-7-9-19-14-6-2-1-5-12(13)14/h1-2,5-6,11,13,16H,3-4,7-10H2,(H,17,18). The fourth-order valence-corrected chi connectivity index (χ4v) is 2.90. The molecule has 2 atom stereocenters. The molecule has 0 bridgehead atoms. The molecule has 1 aromatic carbocycles. The zero-order valence-corrected chi connectivity index (χ0v) is 11.0. The maximum absolute atomic E-state index is 12.1. The summed E-state index contributed by atoms with van der Waals surface area (Å²) in [6, 6.07) is 8.41. The van der Waals surface area contributed by atoms with Crippen molar-refractivity contribution in [2.24, 2.45) is 0 Å². The summed E-state index contributed by atoms with van der Waals surface area (Å²) in [5, 5.41) is 6.50. The van der Waals surface area contributed by atoms with E-state index < -0.39 is 0 Å². The van der Waals surface area contributed by atoms with Crippen molar-refractivity contribution in [1.82, 2.24) is 10.6 Å². The number of para-hydroxylation sites is 1. The van der Waals surface area contributed by atoms with Gasteiger partial charge in [0.2, 0.25) is 5.91 Å². The number of nitrogens with one attached hydrogen (secondary N) is 2. The highest BCUT2D eigenvalue weighted by Crippen LogP contribution is 2.31. The fraction of sp³-hybridized carbons (Fsp3) is 0.533. The largest absolute Gasteiger partial charge is 0.493 e. The Morgan fingerprint density at radius 3 is 3.11 bits per heavy atom. The molecule has 2 aliphatic heterocycles. The number of ether oxygens (including phenoxy) is 1. The Kier molecular flexibility index (Phi) is 3.69. The summed E-state index contributed by atoms with van der Waals surface area (Å²) in [7, 11) is 0. The maximum atomic E-state index is 12.1. The van der Waals surface area contributed by atoms with Gasteiger partial charge in [-0.2, -0.15) is 0 Å². The van der Waals surface area contributed by atoms with E-state index in [1.807, 2.05) is 24.3 Å². The van der Waals surface area contributed by atoms with E-state index in [9.17, 15) is 4.79 Å². The molecule has 2 unspecified atom stereocenters. The molecule has 19 heavy (non-hydrogen) atoms. The molecule has 2 heterocycles. The SMILES string of the molecule is O=C(CC1CCCN1)NC1CCOc2ccccc21. The summed E-state index contributed by atoms with van der Waals surface area (Å²) in [4.78, 5) is 12.1. The molecule has 2 N–H and O–H groups in total. The van der Waals surface area contributed by atoms with Gasteiger partial charge in [0.25, 0.3) is 0 Å². The smallest absolute Gasteiger partial charge is 0.222 e.